The Morgan fingerprint density at radius 1 is 1.18 bits per heavy atom. The third-order valence-corrected chi connectivity index (χ3v) is 2.96. The van der Waals surface area contributed by atoms with Crippen LogP contribution in [0, 0.1) is 0 Å². The maximum atomic E-state index is 11.9. The molecule has 0 aliphatic carbocycles. The monoisotopic (exact) mass is 267 g/mol. The first-order chi connectivity index (χ1) is 7.74. The zero-order valence-corrected chi connectivity index (χ0v) is 9.18. The molecule has 4 nitrogen and oxygen atoms in total. The van der Waals surface area contributed by atoms with E-state index in [1.807, 2.05) is 0 Å². The van der Waals surface area contributed by atoms with Gasteiger partial charge in [0.25, 0.3) is 0 Å². The van der Waals surface area contributed by atoms with Gasteiger partial charge in [0.2, 0.25) is 0 Å². The zero-order valence-electron chi connectivity index (χ0n) is 8.36. The number of hydrogen-bond donors (Lipinski definition) is 1. The number of rotatable bonds is 4. The molecule has 8 heteroatoms. The number of nitrogens with one attached hydrogen (secondary N) is 1. The van der Waals surface area contributed by atoms with E-state index in [2.05, 4.69) is 0 Å². The van der Waals surface area contributed by atoms with Crippen LogP contribution in [-0.2, 0) is 10.0 Å². The van der Waals surface area contributed by atoms with Gasteiger partial charge in [-0.15, -0.1) is 0 Å². The third-order valence-electron chi connectivity index (χ3n) is 1.82. The SMILES string of the molecule is O=C(CNS(=O)(=O)C(F)(F)F)c1ccccc1. The van der Waals surface area contributed by atoms with E-state index in [4.69, 9.17) is 0 Å². The van der Waals surface area contributed by atoms with Crippen LogP contribution < -0.4 is 4.72 Å². The maximum Gasteiger partial charge on any atom is 0.511 e. The molecule has 0 saturated heterocycles. The summed E-state index contributed by atoms with van der Waals surface area (Å²) in [6.45, 7) is -0.925. The summed E-state index contributed by atoms with van der Waals surface area (Å²) < 4.78 is 58.2. The molecule has 0 bridgehead atoms. The largest absolute Gasteiger partial charge is 0.511 e. The lowest BCUT2D eigenvalue weighted by atomic mass is 10.1. The van der Waals surface area contributed by atoms with E-state index >= 15 is 0 Å². The van der Waals surface area contributed by atoms with Gasteiger partial charge in [-0.1, -0.05) is 30.3 Å². The lowest BCUT2D eigenvalue weighted by molar-refractivity contribution is -0.0446. The van der Waals surface area contributed by atoms with Crippen molar-refractivity contribution in [3.63, 3.8) is 0 Å². The summed E-state index contributed by atoms with van der Waals surface area (Å²) in [5.41, 5.74) is -5.28. The van der Waals surface area contributed by atoms with Gasteiger partial charge in [0.15, 0.2) is 5.78 Å². The Bertz CT molecular complexity index is 496. The molecule has 1 rings (SSSR count). The summed E-state index contributed by atoms with van der Waals surface area (Å²) in [6, 6.07) is 7.42. The number of sulfonamides is 1. The molecule has 94 valence electrons. The lowest BCUT2D eigenvalue weighted by Gasteiger charge is -2.08. The Kier molecular flexibility index (Phi) is 3.89. The summed E-state index contributed by atoms with van der Waals surface area (Å²) in [5.74, 6) is -0.738. The topological polar surface area (TPSA) is 63.2 Å². The molecule has 1 N–H and O–H groups in total. The van der Waals surface area contributed by atoms with Crippen molar-refractivity contribution in [2.45, 2.75) is 5.51 Å². The van der Waals surface area contributed by atoms with Crippen LogP contribution in [-0.4, -0.2) is 26.3 Å². The average molecular weight is 267 g/mol. The molecule has 0 unspecified atom stereocenters. The predicted molar refractivity (Wildman–Crippen MR) is 53.8 cm³/mol. The van der Waals surface area contributed by atoms with E-state index in [0.29, 0.717) is 0 Å². The number of Topliss-reactive ketones (excluding diaryl/α,β-unsaturated/α-hetero) is 1. The van der Waals surface area contributed by atoms with E-state index in [1.54, 1.807) is 6.07 Å². The Balaban J connectivity index is 2.68. The minimum atomic E-state index is -5.47. The lowest BCUT2D eigenvalue weighted by Crippen LogP contribution is -2.39. The van der Waals surface area contributed by atoms with Crippen molar-refractivity contribution in [2.24, 2.45) is 0 Å². The van der Waals surface area contributed by atoms with Crippen molar-refractivity contribution in [2.75, 3.05) is 6.54 Å². The van der Waals surface area contributed by atoms with Gasteiger partial charge in [-0.2, -0.15) is 17.9 Å². The normalized spacial score (nSPS) is 12.4. The predicted octanol–water partition coefficient (Wildman–Crippen LogP) is 1.31. The first-order valence-electron chi connectivity index (χ1n) is 4.38. The molecule has 0 saturated carbocycles. The Hall–Kier alpha value is -1.41. The highest BCUT2D eigenvalue weighted by Crippen LogP contribution is 2.21. The van der Waals surface area contributed by atoms with Crippen molar-refractivity contribution in [1.82, 2.24) is 4.72 Å². The molecule has 0 spiro atoms. The number of halogens is 3. The Morgan fingerprint density at radius 2 is 1.71 bits per heavy atom. The average Bonchev–Trinajstić information content (AvgIpc) is 2.25. The molecule has 1 aromatic carbocycles. The number of ketones is 1. The fraction of sp³-hybridized carbons (Fsp3) is 0.222. The smallest absolute Gasteiger partial charge is 0.293 e. The molecular weight excluding hydrogens is 259 g/mol. The van der Waals surface area contributed by atoms with Crippen LogP contribution in [0.15, 0.2) is 30.3 Å². The quantitative estimate of drug-likeness (QED) is 0.836. The van der Waals surface area contributed by atoms with Crippen molar-refractivity contribution in [1.29, 1.82) is 0 Å². The minimum Gasteiger partial charge on any atom is -0.293 e. The van der Waals surface area contributed by atoms with Gasteiger partial charge in [-0.3, -0.25) is 4.79 Å². The van der Waals surface area contributed by atoms with Crippen LogP contribution in [0.3, 0.4) is 0 Å². The summed E-state index contributed by atoms with van der Waals surface area (Å²) in [5, 5.41) is 0. The summed E-state index contributed by atoms with van der Waals surface area (Å²) in [7, 11) is -5.47. The van der Waals surface area contributed by atoms with Crippen molar-refractivity contribution in [3.05, 3.63) is 35.9 Å². The van der Waals surface area contributed by atoms with Crippen LogP contribution in [0.25, 0.3) is 0 Å². The molecule has 0 amide bonds. The van der Waals surface area contributed by atoms with Crippen molar-refractivity contribution in [3.8, 4) is 0 Å². The van der Waals surface area contributed by atoms with Gasteiger partial charge in [-0.05, 0) is 0 Å². The van der Waals surface area contributed by atoms with Crippen LogP contribution in [0.1, 0.15) is 10.4 Å². The van der Waals surface area contributed by atoms with E-state index in [1.165, 1.54) is 29.0 Å². The van der Waals surface area contributed by atoms with Crippen LogP contribution in [0.2, 0.25) is 0 Å². The highest BCUT2D eigenvalue weighted by atomic mass is 32.2. The van der Waals surface area contributed by atoms with Gasteiger partial charge in [0.1, 0.15) is 0 Å². The molecule has 17 heavy (non-hydrogen) atoms. The van der Waals surface area contributed by atoms with Gasteiger partial charge in [0, 0.05) is 5.56 Å². The second-order valence-corrected chi connectivity index (χ2v) is 4.82. The molecule has 0 atom stereocenters. The molecule has 0 fully saturated rings. The highest BCUT2D eigenvalue weighted by Gasteiger charge is 2.45. The molecule has 0 aliphatic rings. The fourth-order valence-corrected chi connectivity index (χ4v) is 1.45. The summed E-state index contributed by atoms with van der Waals surface area (Å²) >= 11 is 0. The fourth-order valence-electron chi connectivity index (χ4n) is 0.968. The first kappa shape index (κ1) is 13.7. The van der Waals surface area contributed by atoms with Crippen LogP contribution >= 0.6 is 0 Å². The van der Waals surface area contributed by atoms with E-state index in [0.717, 1.165) is 0 Å². The Morgan fingerprint density at radius 3 is 2.18 bits per heavy atom. The number of carbonyl (C=O) groups is 1. The third kappa shape index (κ3) is 3.53. The first-order valence-corrected chi connectivity index (χ1v) is 5.86. The number of hydrogen-bond acceptors (Lipinski definition) is 3. The zero-order chi connectivity index (χ0) is 13.1. The van der Waals surface area contributed by atoms with Gasteiger partial charge in [-0.25, -0.2) is 8.42 Å². The number of benzene rings is 1. The van der Waals surface area contributed by atoms with Gasteiger partial charge >= 0.3 is 15.5 Å². The maximum absolute atomic E-state index is 11.9. The standard InChI is InChI=1S/C9H8F3NO3S/c10-9(11,12)17(15,16)13-6-8(14)7-4-2-1-3-5-7/h1-5,13H,6H2. The molecule has 0 aliphatic heterocycles. The molecule has 0 radical (unpaired) electrons. The van der Waals surface area contributed by atoms with E-state index in [9.17, 15) is 26.4 Å². The number of carbonyl (C=O) groups excluding carboxylic acids is 1. The second-order valence-electron chi connectivity index (χ2n) is 3.06. The highest BCUT2D eigenvalue weighted by molar-refractivity contribution is 7.90. The van der Waals surface area contributed by atoms with Gasteiger partial charge in [0.05, 0.1) is 6.54 Å². The molecule has 0 aromatic heterocycles. The van der Waals surface area contributed by atoms with Crippen molar-refractivity contribution < 1.29 is 26.4 Å². The second kappa shape index (κ2) is 4.84. The van der Waals surface area contributed by atoms with E-state index in [-0.39, 0.29) is 5.56 Å². The summed E-state index contributed by atoms with van der Waals surface area (Å²) in [4.78, 5) is 11.3. The molecule has 1 aromatic rings. The van der Waals surface area contributed by atoms with Crippen LogP contribution in [0.5, 0.6) is 0 Å². The molecular formula is C9H8F3NO3S. The van der Waals surface area contributed by atoms with E-state index < -0.39 is 27.9 Å². The molecule has 0 heterocycles. The Labute approximate surface area is 95.5 Å². The van der Waals surface area contributed by atoms with Crippen molar-refractivity contribution >= 4 is 15.8 Å². The number of alkyl halides is 3. The van der Waals surface area contributed by atoms with Gasteiger partial charge < -0.3 is 0 Å². The summed E-state index contributed by atoms with van der Waals surface area (Å²) in [6.07, 6.45) is 0. The van der Waals surface area contributed by atoms with Crippen LogP contribution in [0.4, 0.5) is 13.2 Å². The minimum absolute atomic E-state index is 0.136.